The smallest absolute Gasteiger partial charge is 0.346 e. The number of fused-ring (bicyclic) bond motifs is 2. The van der Waals surface area contributed by atoms with Gasteiger partial charge in [0.2, 0.25) is 0 Å². The van der Waals surface area contributed by atoms with E-state index in [-0.39, 0.29) is 62.0 Å². The van der Waals surface area contributed by atoms with Gasteiger partial charge in [0.1, 0.15) is 0 Å². The Hall–Kier alpha value is -0.660. The minimum Gasteiger partial charge on any atom is -0.346 e. The Kier molecular flexibility index (Phi) is 30.3. The summed E-state index contributed by atoms with van der Waals surface area (Å²) >= 11 is 0. The van der Waals surface area contributed by atoms with Crippen molar-refractivity contribution in [2.45, 2.75) is 73.1 Å². The summed E-state index contributed by atoms with van der Waals surface area (Å²) in [7, 11) is 0. The number of rotatable bonds is 5. The van der Waals surface area contributed by atoms with Gasteiger partial charge in [-0.1, -0.05) is 65.5 Å². The summed E-state index contributed by atoms with van der Waals surface area (Å²) in [6, 6.07) is 26.0. The molecule has 5 radical (unpaired) electrons. The number of aryl methyl sites for hydroxylation is 2. The summed E-state index contributed by atoms with van der Waals surface area (Å²) in [5, 5.41) is 5.46. The summed E-state index contributed by atoms with van der Waals surface area (Å²) in [6.45, 7) is 13.8. The first-order valence-corrected chi connectivity index (χ1v) is 11.7. The monoisotopic (exact) mass is 591 g/mol. The summed E-state index contributed by atoms with van der Waals surface area (Å²) in [5.74, 6) is 0. The third kappa shape index (κ3) is 14.7. The Bertz CT molecular complexity index is 799. The molecule has 0 N–H and O–H groups in total. The molecule has 0 saturated heterocycles. The summed E-state index contributed by atoms with van der Waals surface area (Å²) in [4.78, 5) is 0. The van der Waals surface area contributed by atoms with Crippen molar-refractivity contribution in [3.8, 4) is 0 Å². The van der Waals surface area contributed by atoms with Gasteiger partial charge in [0.05, 0.1) is 0 Å². The second-order valence-corrected chi connectivity index (χ2v) is 7.40. The minimum atomic E-state index is 0. The molecule has 0 saturated carbocycles. The number of hydrogen-bond donors (Lipinski definition) is 0. The summed E-state index contributed by atoms with van der Waals surface area (Å²) in [5.41, 5.74) is 2.87. The van der Waals surface area contributed by atoms with Crippen LogP contribution in [0.5, 0.6) is 0 Å². The molecule has 0 aliphatic carbocycles. The maximum atomic E-state index is 3.25. The zero-order valence-corrected chi connectivity index (χ0v) is 26.8. The molecule has 0 nitrogen and oxygen atoms in total. The van der Waals surface area contributed by atoms with E-state index < -0.39 is 0 Å². The van der Waals surface area contributed by atoms with Crippen molar-refractivity contribution < 1.29 is 26.2 Å². The summed E-state index contributed by atoms with van der Waals surface area (Å²) in [6.07, 6.45) is 7.80. The second kappa shape index (κ2) is 25.4. The molecule has 4 aromatic rings. The minimum absolute atomic E-state index is 0. The van der Waals surface area contributed by atoms with Crippen LogP contribution in [0.4, 0.5) is 0 Å². The number of unbranched alkanes of at least 4 members (excludes halogenated alkanes) is 3. The van der Waals surface area contributed by atoms with Gasteiger partial charge in [0, 0.05) is 11.0 Å². The predicted octanol–water partition coefficient (Wildman–Crippen LogP) is 10.1. The van der Waals surface area contributed by atoms with Crippen LogP contribution < -0.4 is 0 Å². The predicted molar refractivity (Wildman–Crippen MR) is 159 cm³/mol. The largest absolute Gasteiger partial charge is 3.00 e. The van der Waals surface area contributed by atoms with E-state index in [2.05, 4.69) is 107 Å². The maximum absolute atomic E-state index is 3.25. The van der Waals surface area contributed by atoms with E-state index >= 15 is 0 Å². The fourth-order valence-corrected chi connectivity index (χ4v) is 3.34. The molecule has 0 bridgehead atoms. The van der Waals surface area contributed by atoms with Crippen LogP contribution >= 0.6 is 24.8 Å². The molecule has 185 valence electrons. The van der Waals surface area contributed by atoms with Crippen LogP contribution in [0.3, 0.4) is 0 Å². The first-order chi connectivity index (χ1) is 14.7. The molecule has 4 heteroatoms. The first-order valence-electron chi connectivity index (χ1n) is 11.7. The molecule has 4 rings (SSSR count). The Morgan fingerprint density at radius 1 is 0.618 bits per heavy atom. The average molecular weight is 594 g/mol. The van der Waals surface area contributed by atoms with Gasteiger partial charge in [-0.3, -0.25) is 0 Å². The van der Waals surface area contributed by atoms with E-state index in [1.165, 1.54) is 58.4 Å². The molecule has 0 fully saturated rings. The third-order valence-corrected chi connectivity index (χ3v) is 5.13. The van der Waals surface area contributed by atoms with Gasteiger partial charge in [-0.2, -0.15) is 19.1 Å². The van der Waals surface area contributed by atoms with Crippen LogP contribution in [-0.4, -0.2) is 11.0 Å². The normalized spacial score (nSPS) is 8.65. The Morgan fingerprint density at radius 2 is 0.941 bits per heavy atom. The van der Waals surface area contributed by atoms with Gasteiger partial charge in [0.25, 0.3) is 0 Å². The SMILES string of the molecule is CCCCCC.CCc1cc2ccccc2[cH-]1.CCc1cc2ccccc2[cH-]1.Cl.Cl.[CH2-]C.[Si].[Zr+3]. The van der Waals surface area contributed by atoms with Gasteiger partial charge in [-0.15, -0.1) is 106 Å². The Morgan fingerprint density at radius 3 is 1.21 bits per heavy atom. The van der Waals surface area contributed by atoms with E-state index in [9.17, 15) is 0 Å². The van der Waals surface area contributed by atoms with Crippen molar-refractivity contribution in [1.29, 1.82) is 0 Å². The third-order valence-electron chi connectivity index (χ3n) is 5.13. The van der Waals surface area contributed by atoms with Gasteiger partial charge in [0.15, 0.2) is 0 Å². The van der Waals surface area contributed by atoms with Crippen molar-refractivity contribution >= 4 is 57.3 Å². The molecular weight excluding hydrogens is 551 g/mol. The molecular formula is C30H43Cl2SiZr. The van der Waals surface area contributed by atoms with E-state index in [0.717, 1.165) is 12.8 Å². The molecule has 0 aliphatic heterocycles. The molecule has 0 spiro atoms. The topological polar surface area (TPSA) is 0 Å². The van der Waals surface area contributed by atoms with Crippen LogP contribution in [0.1, 0.15) is 71.4 Å². The quantitative estimate of drug-likeness (QED) is 0.123. The van der Waals surface area contributed by atoms with E-state index in [0.29, 0.717) is 0 Å². The average Bonchev–Trinajstić information content (AvgIpc) is 3.43. The van der Waals surface area contributed by atoms with Gasteiger partial charge in [-0.05, 0) is 12.8 Å². The molecule has 0 aliphatic rings. The molecule has 0 unspecified atom stereocenters. The van der Waals surface area contributed by atoms with Crippen LogP contribution in [0, 0.1) is 6.92 Å². The molecule has 0 amide bonds. The maximum Gasteiger partial charge on any atom is 3.00 e. The van der Waals surface area contributed by atoms with E-state index in [1.54, 1.807) is 6.92 Å². The molecule has 0 atom stereocenters. The van der Waals surface area contributed by atoms with Crippen LogP contribution in [0.25, 0.3) is 21.5 Å². The molecule has 34 heavy (non-hydrogen) atoms. The standard InChI is InChI=1S/2C11H11.C6H14.C2H5.2ClH.Si.Zr/c2*1-2-9-7-10-5-3-4-6-11(10)8-9;1-3-5-6-4-2;1-2;;;;/h2*3-8H,2H2,1H3;3-6H2,1-2H3;1H2,2H3;2*1H;;/q2*-1;;-1;;;;+3. The van der Waals surface area contributed by atoms with Crippen molar-refractivity contribution in [3.05, 3.63) is 90.8 Å². The van der Waals surface area contributed by atoms with Crippen molar-refractivity contribution in [2.24, 2.45) is 0 Å². The fourth-order valence-electron chi connectivity index (χ4n) is 3.34. The van der Waals surface area contributed by atoms with Crippen LogP contribution in [0.15, 0.2) is 72.8 Å². The first kappa shape index (κ1) is 40.5. The van der Waals surface area contributed by atoms with Gasteiger partial charge >= 0.3 is 26.2 Å². The molecule has 4 aromatic carbocycles. The molecule has 0 aromatic heterocycles. The van der Waals surface area contributed by atoms with Crippen molar-refractivity contribution in [2.75, 3.05) is 0 Å². The van der Waals surface area contributed by atoms with Gasteiger partial charge in [-0.25, -0.2) is 0 Å². The Balaban J connectivity index is -0.000000188. The fraction of sp³-hybridized carbons (Fsp3) is 0.367. The number of halogens is 2. The van der Waals surface area contributed by atoms with Crippen LogP contribution in [-0.2, 0) is 39.0 Å². The summed E-state index contributed by atoms with van der Waals surface area (Å²) < 4.78 is 0. The second-order valence-electron chi connectivity index (χ2n) is 7.40. The Labute approximate surface area is 246 Å². The molecule has 0 heterocycles. The van der Waals surface area contributed by atoms with Crippen LogP contribution in [0.2, 0.25) is 0 Å². The van der Waals surface area contributed by atoms with Crippen molar-refractivity contribution in [3.63, 3.8) is 0 Å². The van der Waals surface area contributed by atoms with Gasteiger partial charge < -0.3 is 6.92 Å². The van der Waals surface area contributed by atoms with Crippen molar-refractivity contribution in [1.82, 2.24) is 0 Å². The van der Waals surface area contributed by atoms with E-state index in [1.807, 2.05) is 0 Å². The zero-order chi connectivity index (χ0) is 22.2. The zero-order valence-electron chi connectivity index (χ0n) is 21.7. The van der Waals surface area contributed by atoms with E-state index in [4.69, 9.17) is 0 Å². The number of benzene rings is 2. The number of hydrogen-bond acceptors (Lipinski definition) is 0.